The zero-order chi connectivity index (χ0) is 7.14. The van der Waals surface area contributed by atoms with Gasteiger partial charge < -0.3 is 9.64 Å². The number of hydrogen-bond acceptors (Lipinski definition) is 3. The summed E-state index contributed by atoms with van der Waals surface area (Å²) >= 11 is 1.81. The fourth-order valence-corrected chi connectivity index (χ4v) is 2.73. The van der Waals surface area contributed by atoms with Crippen LogP contribution in [0, 0.1) is 0 Å². The Morgan fingerprint density at radius 1 is 1.80 bits per heavy atom. The van der Waals surface area contributed by atoms with Gasteiger partial charge in [-0.05, 0) is 0 Å². The second kappa shape index (κ2) is 2.13. The molecule has 2 aliphatic rings. The summed E-state index contributed by atoms with van der Waals surface area (Å²) < 4.78 is 5.00. The van der Waals surface area contributed by atoms with Gasteiger partial charge in [-0.1, -0.05) is 0 Å². The van der Waals surface area contributed by atoms with E-state index in [-0.39, 0.29) is 12.0 Å². The van der Waals surface area contributed by atoms with Gasteiger partial charge in [0.05, 0.1) is 0 Å². The number of fused-ring (bicyclic) bond motifs is 1. The number of thioether (sulfide) groups is 1. The second-order valence-electron chi connectivity index (χ2n) is 2.45. The first-order chi connectivity index (χ1) is 4.84. The number of amides is 1. The minimum absolute atomic E-state index is 0.146. The van der Waals surface area contributed by atoms with Gasteiger partial charge in [-0.15, -0.1) is 11.8 Å². The smallest absolute Gasteiger partial charge is 0.255 e. The predicted molar refractivity (Wildman–Crippen MR) is 38.8 cm³/mol. The molecule has 3 nitrogen and oxygen atoms in total. The Balaban J connectivity index is 2.08. The van der Waals surface area contributed by atoms with E-state index < -0.39 is 0 Å². The molecule has 0 N–H and O–H groups in total. The molecule has 2 saturated heterocycles. The van der Waals surface area contributed by atoms with Crippen molar-refractivity contribution in [2.75, 3.05) is 19.4 Å². The lowest BCUT2D eigenvalue weighted by Crippen LogP contribution is -2.61. The SMILES string of the molecule is CO[C@H]1C(=O)N2CCS[C@@H]12. The van der Waals surface area contributed by atoms with Gasteiger partial charge in [0.15, 0.2) is 6.10 Å². The number of rotatable bonds is 1. The fourth-order valence-electron chi connectivity index (χ4n) is 1.40. The summed E-state index contributed by atoms with van der Waals surface area (Å²) in [5.74, 6) is 1.23. The zero-order valence-electron chi connectivity index (χ0n) is 5.74. The van der Waals surface area contributed by atoms with Crippen LogP contribution >= 0.6 is 11.8 Å². The molecule has 0 aliphatic carbocycles. The van der Waals surface area contributed by atoms with Crippen LogP contribution in [0.2, 0.25) is 0 Å². The maximum atomic E-state index is 11.1. The van der Waals surface area contributed by atoms with Crippen LogP contribution in [0.5, 0.6) is 0 Å². The van der Waals surface area contributed by atoms with Crippen molar-refractivity contribution >= 4 is 17.7 Å². The summed E-state index contributed by atoms with van der Waals surface area (Å²) in [6, 6.07) is 0. The first-order valence-corrected chi connectivity index (χ1v) is 4.34. The average molecular weight is 159 g/mol. The third-order valence-corrected chi connectivity index (χ3v) is 3.23. The Morgan fingerprint density at radius 3 is 3.30 bits per heavy atom. The molecule has 4 heteroatoms. The summed E-state index contributed by atoms with van der Waals surface area (Å²) in [5.41, 5.74) is 0. The Bertz CT molecular complexity index is 173. The van der Waals surface area contributed by atoms with Crippen LogP contribution in [0.25, 0.3) is 0 Å². The van der Waals surface area contributed by atoms with Crippen LogP contribution in [0.4, 0.5) is 0 Å². The number of carbonyl (C=O) groups is 1. The molecule has 0 aromatic heterocycles. The Morgan fingerprint density at radius 2 is 2.60 bits per heavy atom. The highest BCUT2D eigenvalue weighted by Crippen LogP contribution is 2.36. The van der Waals surface area contributed by atoms with E-state index in [4.69, 9.17) is 4.74 Å². The van der Waals surface area contributed by atoms with Crippen molar-refractivity contribution < 1.29 is 9.53 Å². The van der Waals surface area contributed by atoms with Crippen LogP contribution in [0.15, 0.2) is 0 Å². The molecule has 2 atom stereocenters. The molecule has 0 aromatic rings. The molecular weight excluding hydrogens is 150 g/mol. The van der Waals surface area contributed by atoms with E-state index in [1.165, 1.54) is 0 Å². The highest BCUT2D eigenvalue weighted by atomic mass is 32.2. The number of methoxy groups -OCH3 is 1. The molecule has 2 rings (SSSR count). The van der Waals surface area contributed by atoms with Gasteiger partial charge in [0.2, 0.25) is 0 Å². The molecule has 0 bridgehead atoms. The third kappa shape index (κ3) is 0.632. The molecular formula is C6H9NO2S. The fraction of sp³-hybridized carbons (Fsp3) is 0.833. The number of hydrogen-bond donors (Lipinski definition) is 0. The second-order valence-corrected chi connectivity index (χ2v) is 3.67. The van der Waals surface area contributed by atoms with Gasteiger partial charge in [0.25, 0.3) is 5.91 Å². The molecule has 0 saturated carbocycles. The van der Waals surface area contributed by atoms with E-state index in [9.17, 15) is 4.79 Å². The molecule has 1 amide bonds. The molecule has 2 aliphatic heterocycles. The van der Waals surface area contributed by atoms with E-state index >= 15 is 0 Å². The Kier molecular flexibility index (Phi) is 1.38. The molecule has 0 spiro atoms. The highest BCUT2D eigenvalue weighted by molar-refractivity contribution is 8.00. The van der Waals surface area contributed by atoms with Crippen molar-refractivity contribution in [2.45, 2.75) is 11.5 Å². The van der Waals surface area contributed by atoms with Crippen molar-refractivity contribution in [3.05, 3.63) is 0 Å². The first kappa shape index (κ1) is 6.49. The maximum absolute atomic E-state index is 11.1. The van der Waals surface area contributed by atoms with E-state index in [2.05, 4.69) is 0 Å². The van der Waals surface area contributed by atoms with Crippen molar-refractivity contribution in [2.24, 2.45) is 0 Å². The molecule has 0 radical (unpaired) electrons. The third-order valence-electron chi connectivity index (χ3n) is 1.97. The van der Waals surface area contributed by atoms with Crippen LogP contribution in [0.1, 0.15) is 0 Å². The normalized spacial score (nSPS) is 37.7. The first-order valence-electron chi connectivity index (χ1n) is 3.29. The number of carbonyl (C=O) groups excluding carboxylic acids is 1. The molecule has 0 aromatic carbocycles. The maximum Gasteiger partial charge on any atom is 0.255 e. The van der Waals surface area contributed by atoms with Crippen LogP contribution in [-0.2, 0) is 9.53 Å². The topological polar surface area (TPSA) is 29.5 Å². The quantitative estimate of drug-likeness (QED) is 0.501. The molecule has 56 valence electrons. The minimum atomic E-state index is -0.146. The summed E-state index contributed by atoms with van der Waals surface area (Å²) in [5, 5.41) is 0.331. The van der Waals surface area contributed by atoms with E-state index in [1.807, 2.05) is 16.7 Å². The monoisotopic (exact) mass is 159 g/mol. The lowest BCUT2D eigenvalue weighted by Gasteiger charge is -2.40. The average Bonchev–Trinajstić information content (AvgIpc) is 2.33. The number of nitrogens with zero attached hydrogens (tertiary/aromatic N) is 1. The molecule has 10 heavy (non-hydrogen) atoms. The van der Waals surface area contributed by atoms with Gasteiger partial charge in [-0.2, -0.15) is 0 Å². The van der Waals surface area contributed by atoms with Gasteiger partial charge in [-0.3, -0.25) is 4.79 Å². The minimum Gasteiger partial charge on any atom is -0.368 e. The van der Waals surface area contributed by atoms with Gasteiger partial charge in [0.1, 0.15) is 5.37 Å². The van der Waals surface area contributed by atoms with Crippen LogP contribution in [-0.4, -0.2) is 41.7 Å². The summed E-state index contributed by atoms with van der Waals surface area (Å²) in [6.45, 7) is 0.911. The van der Waals surface area contributed by atoms with Gasteiger partial charge >= 0.3 is 0 Å². The Labute approximate surface area is 63.7 Å². The van der Waals surface area contributed by atoms with Crippen molar-refractivity contribution in [3.8, 4) is 0 Å². The number of ether oxygens (including phenoxy) is 1. The predicted octanol–water partition coefficient (Wildman–Crippen LogP) is -0.0835. The molecule has 2 fully saturated rings. The van der Waals surface area contributed by atoms with Gasteiger partial charge in [-0.25, -0.2) is 0 Å². The zero-order valence-corrected chi connectivity index (χ0v) is 6.56. The largest absolute Gasteiger partial charge is 0.368 e. The van der Waals surface area contributed by atoms with E-state index in [0.29, 0.717) is 5.37 Å². The highest BCUT2D eigenvalue weighted by Gasteiger charge is 2.50. The number of β-lactam (4-membered cyclic amide) rings is 1. The van der Waals surface area contributed by atoms with Crippen molar-refractivity contribution in [1.82, 2.24) is 4.90 Å². The van der Waals surface area contributed by atoms with Crippen LogP contribution in [0.3, 0.4) is 0 Å². The van der Waals surface area contributed by atoms with E-state index in [1.54, 1.807) is 7.11 Å². The summed E-state index contributed by atoms with van der Waals surface area (Å²) in [7, 11) is 1.60. The van der Waals surface area contributed by atoms with Crippen molar-refractivity contribution in [3.63, 3.8) is 0 Å². The Hall–Kier alpha value is -0.220. The summed E-state index contributed by atoms with van der Waals surface area (Å²) in [6.07, 6.45) is -0.146. The van der Waals surface area contributed by atoms with Gasteiger partial charge in [0, 0.05) is 19.4 Å². The lowest BCUT2D eigenvalue weighted by molar-refractivity contribution is -0.160. The standard InChI is InChI=1S/C6H9NO2S/c1-9-4-5(8)7-2-3-10-6(4)7/h4,6H,2-3H2,1H3/t4-,6-/m0/s1. The lowest BCUT2D eigenvalue weighted by atomic mass is 10.1. The van der Waals surface area contributed by atoms with Crippen LogP contribution < -0.4 is 0 Å². The molecule has 2 heterocycles. The molecule has 0 unspecified atom stereocenters. The van der Waals surface area contributed by atoms with Crippen molar-refractivity contribution in [1.29, 1.82) is 0 Å². The summed E-state index contributed by atoms with van der Waals surface area (Å²) in [4.78, 5) is 12.9. The van der Waals surface area contributed by atoms with E-state index in [0.717, 1.165) is 12.3 Å².